The van der Waals surface area contributed by atoms with Crippen molar-refractivity contribution in [2.75, 3.05) is 0 Å². The molecule has 0 amide bonds. The van der Waals surface area contributed by atoms with Gasteiger partial charge in [-0.25, -0.2) is 4.98 Å². The normalized spacial score (nSPS) is 13.1. The number of hydrogen-bond acceptors (Lipinski definition) is 1. The highest BCUT2D eigenvalue weighted by Gasteiger charge is 2.52. The molecule has 1 heterocycles. The predicted octanol–water partition coefficient (Wildman–Crippen LogP) is 13.2. The van der Waals surface area contributed by atoms with Gasteiger partial charge in [0.1, 0.15) is 0 Å². The van der Waals surface area contributed by atoms with Crippen molar-refractivity contribution in [1.29, 1.82) is 0 Å². The third-order valence-electron chi connectivity index (χ3n) is 11.5. The maximum Gasteiger partial charge on any atom is 0.0725 e. The average Bonchev–Trinajstić information content (AvgIpc) is 3.71. The van der Waals surface area contributed by atoms with Gasteiger partial charge in [0, 0.05) is 11.1 Å². The van der Waals surface area contributed by atoms with Crippen LogP contribution in [0.5, 0.6) is 0 Å². The van der Waals surface area contributed by atoms with Crippen molar-refractivity contribution in [1.82, 2.24) is 4.98 Å². The lowest BCUT2D eigenvalue weighted by Gasteiger charge is -2.30. The molecule has 1 spiro atoms. The SMILES string of the molecule is c1ccc(-c2ccc(-c3cc(-c4cccc5ccccc45)cc(-c4cccc5c4-c4ccccc4C54c5ccccc5-c5ccccc54)n3)cc2)cc1. The van der Waals surface area contributed by atoms with Crippen LogP contribution in [0.3, 0.4) is 0 Å². The summed E-state index contributed by atoms with van der Waals surface area (Å²) in [5.74, 6) is 0. The maximum absolute atomic E-state index is 5.54. The number of benzene rings is 8. The van der Waals surface area contributed by atoms with Gasteiger partial charge >= 0.3 is 0 Å². The predicted molar refractivity (Wildman–Crippen MR) is 220 cm³/mol. The van der Waals surface area contributed by atoms with E-state index in [1.165, 1.54) is 72.0 Å². The number of nitrogens with zero attached hydrogens (tertiary/aromatic N) is 1. The Labute approximate surface area is 309 Å². The molecule has 2 aliphatic carbocycles. The summed E-state index contributed by atoms with van der Waals surface area (Å²) in [5.41, 5.74) is 19.1. The third kappa shape index (κ3) is 4.35. The van der Waals surface area contributed by atoms with Crippen LogP contribution in [0.25, 0.3) is 77.8 Å². The molecule has 0 unspecified atom stereocenters. The van der Waals surface area contributed by atoms with Gasteiger partial charge in [-0.1, -0.05) is 188 Å². The molecular formula is C52H33N. The van der Waals surface area contributed by atoms with Gasteiger partial charge in [0.25, 0.3) is 0 Å². The van der Waals surface area contributed by atoms with Gasteiger partial charge in [0.05, 0.1) is 16.8 Å². The van der Waals surface area contributed by atoms with Gasteiger partial charge in [-0.05, 0) is 89.7 Å². The molecule has 2 aliphatic rings. The third-order valence-corrected chi connectivity index (χ3v) is 11.5. The van der Waals surface area contributed by atoms with E-state index in [0.29, 0.717) is 0 Å². The van der Waals surface area contributed by atoms with Gasteiger partial charge in [-0.3, -0.25) is 0 Å². The van der Waals surface area contributed by atoms with Crippen LogP contribution in [0.1, 0.15) is 22.3 Å². The summed E-state index contributed by atoms with van der Waals surface area (Å²) in [7, 11) is 0. The Bertz CT molecular complexity index is 2830. The van der Waals surface area contributed by atoms with E-state index in [1.54, 1.807) is 0 Å². The summed E-state index contributed by atoms with van der Waals surface area (Å²) in [4.78, 5) is 5.54. The van der Waals surface area contributed by atoms with Crippen molar-refractivity contribution < 1.29 is 0 Å². The van der Waals surface area contributed by atoms with Crippen molar-refractivity contribution in [2.24, 2.45) is 0 Å². The molecule has 0 atom stereocenters. The number of fused-ring (bicyclic) bond motifs is 11. The van der Waals surface area contributed by atoms with Gasteiger partial charge < -0.3 is 0 Å². The number of rotatable bonds is 4. The smallest absolute Gasteiger partial charge is 0.0725 e. The lowest BCUT2D eigenvalue weighted by atomic mass is 9.70. The van der Waals surface area contributed by atoms with Crippen LogP contribution < -0.4 is 0 Å². The highest BCUT2D eigenvalue weighted by atomic mass is 14.7. The molecule has 246 valence electrons. The Balaban J connectivity index is 1.18. The molecule has 0 N–H and O–H groups in total. The highest BCUT2D eigenvalue weighted by Crippen LogP contribution is 2.63. The van der Waals surface area contributed by atoms with Gasteiger partial charge in [0.15, 0.2) is 0 Å². The van der Waals surface area contributed by atoms with Crippen molar-refractivity contribution >= 4 is 10.8 Å². The molecule has 9 aromatic rings. The molecule has 0 saturated heterocycles. The largest absolute Gasteiger partial charge is 0.248 e. The molecule has 1 aromatic heterocycles. The molecule has 0 aliphatic heterocycles. The van der Waals surface area contributed by atoms with E-state index in [4.69, 9.17) is 4.98 Å². The van der Waals surface area contributed by atoms with Crippen molar-refractivity contribution in [3.8, 4) is 67.0 Å². The van der Waals surface area contributed by atoms with Crippen LogP contribution in [-0.2, 0) is 5.41 Å². The van der Waals surface area contributed by atoms with Crippen LogP contribution >= 0.6 is 0 Å². The number of hydrogen-bond donors (Lipinski definition) is 0. The summed E-state index contributed by atoms with van der Waals surface area (Å²) in [6.07, 6.45) is 0. The minimum absolute atomic E-state index is 0.404. The Morgan fingerprint density at radius 1 is 0.302 bits per heavy atom. The molecule has 0 saturated carbocycles. The molecule has 8 aromatic carbocycles. The Morgan fingerprint density at radius 3 is 1.55 bits per heavy atom. The zero-order valence-electron chi connectivity index (χ0n) is 29.0. The number of aromatic nitrogens is 1. The van der Waals surface area contributed by atoms with Crippen LogP contribution in [-0.4, -0.2) is 4.98 Å². The van der Waals surface area contributed by atoms with E-state index >= 15 is 0 Å². The Morgan fingerprint density at radius 2 is 0.792 bits per heavy atom. The molecule has 53 heavy (non-hydrogen) atoms. The minimum Gasteiger partial charge on any atom is -0.248 e. The summed E-state index contributed by atoms with van der Waals surface area (Å²) >= 11 is 0. The van der Waals surface area contributed by atoms with E-state index in [1.807, 2.05) is 0 Å². The first kappa shape index (κ1) is 29.9. The quantitative estimate of drug-likeness (QED) is 0.181. The lowest BCUT2D eigenvalue weighted by Crippen LogP contribution is -2.25. The average molecular weight is 672 g/mol. The summed E-state index contributed by atoms with van der Waals surface area (Å²) in [6.45, 7) is 0. The Hall–Kier alpha value is -6.83. The fraction of sp³-hybridized carbons (Fsp3) is 0.0192. The van der Waals surface area contributed by atoms with Gasteiger partial charge in [-0.15, -0.1) is 0 Å². The minimum atomic E-state index is -0.404. The molecule has 0 radical (unpaired) electrons. The second-order valence-corrected chi connectivity index (χ2v) is 14.2. The lowest BCUT2D eigenvalue weighted by molar-refractivity contribution is 0.794. The van der Waals surface area contributed by atoms with E-state index in [0.717, 1.165) is 28.1 Å². The standard InChI is InChI=1S/C52H33N/c1-2-14-34(15-3-1)35-28-30-37(31-29-35)49-32-38(40-22-12-17-36-16-4-5-18-39(36)40)33-50(53-49)44-23-13-27-48-51(44)43-21-8-11-26-47(43)52(48)45-24-9-6-19-41(45)42-20-7-10-25-46(42)52/h1-33H. The van der Waals surface area contributed by atoms with Crippen LogP contribution in [0.15, 0.2) is 200 Å². The summed E-state index contributed by atoms with van der Waals surface area (Å²) in [6, 6.07) is 73.2. The molecule has 1 heteroatoms. The highest BCUT2D eigenvalue weighted by molar-refractivity contribution is 6.01. The van der Waals surface area contributed by atoms with E-state index < -0.39 is 5.41 Å². The second-order valence-electron chi connectivity index (χ2n) is 14.2. The monoisotopic (exact) mass is 671 g/mol. The van der Waals surface area contributed by atoms with E-state index in [-0.39, 0.29) is 0 Å². The fourth-order valence-corrected chi connectivity index (χ4v) is 9.27. The fourth-order valence-electron chi connectivity index (χ4n) is 9.27. The zero-order chi connectivity index (χ0) is 34.9. The summed E-state index contributed by atoms with van der Waals surface area (Å²) in [5, 5.41) is 2.46. The summed E-state index contributed by atoms with van der Waals surface area (Å²) < 4.78 is 0. The molecular weight excluding hydrogens is 639 g/mol. The van der Waals surface area contributed by atoms with Gasteiger partial charge in [-0.2, -0.15) is 0 Å². The van der Waals surface area contributed by atoms with Crippen LogP contribution in [0, 0.1) is 0 Å². The molecule has 0 bridgehead atoms. The van der Waals surface area contributed by atoms with E-state index in [2.05, 4.69) is 200 Å². The topological polar surface area (TPSA) is 12.9 Å². The van der Waals surface area contributed by atoms with Crippen LogP contribution in [0.2, 0.25) is 0 Å². The Kier molecular flexibility index (Phi) is 6.53. The molecule has 0 fully saturated rings. The zero-order valence-corrected chi connectivity index (χ0v) is 29.0. The first-order valence-electron chi connectivity index (χ1n) is 18.4. The van der Waals surface area contributed by atoms with Crippen molar-refractivity contribution in [3.63, 3.8) is 0 Å². The van der Waals surface area contributed by atoms with Crippen molar-refractivity contribution in [2.45, 2.75) is 5.41 Å². The van der Waals surface area contributed by atoms with Crippen molar-refractivity contribution in [3.05, 3.63) is 222 Å². The van der Waals surface area contributed by atoms with Crippen LogP contribution in [0.4, 0.5) is 0 Å². The first-order chi connectivity index (χ1) is 26.3. The molecule has 1 nitrogen and oxygen atoms in total. The molecule has 11 rings (SSSR count). The second kappa shape index (κ2) is 11.6. The maximum atomic E-state index is 5.54. The van der Waals surface area contributed by atoms with E-state index in [9.17, 15) is 0 Å². The van der Waals surface area contributed by atoms with Gasteiger partial charge in [0.2, 0.25) is 0 Å². The number of pyridine rings is 1. The first-order valence-corrected chi connectivity index (χ1v) is 18.4.